The Bertz CT molecular complexity index is 586. The van der Waals surface area contributed by atoms with Crippen molar-refractivity contribution < 1.29 is 32.0 Å². The number of benzene rings is 1. The number of halogens is 4. The highest BCUT2D eigenvalue weighted by atomic mass is 19.4. The van der Waals surface area contributed by atoms with Crippen molar-refractivity contribution in [1.82, 2.24) is 10.6 Å². The van der Waals surface area contributed by atoms with Crippen molar-refractivity contribution in [2.24, 2.45) is 0 Å². The Kier molecular flexibility index (Phi) is 5.60. The molecule has 0 radical (unpaired) electrons. The van der Waals surface area contributed by atoms with E-state index in [-0.39, 0.29) is 16.8 Å². The number of hydroxylamine groups is 1. The van der Waals surface area contributed by atoms with Crippen molar-refractivity contribution in [1.29, 1.82) is 0 Å². The Morgan fingerprint density at radius 2 is 1.75 bits per heavy atom. The minimum atomic E-state index is -5.27. The van der Waals surface area contributed by atoms with Gasteiger partial charge in [0.25, 0.3) is 0 Å². The highest BCUT2D eigenvalue weighted by molar-refractivity contribution is 5.93. The summed E-state index contributed by atoms with van der Waals surface area (Å²) in [7, 11) is 0. The molecule has 0 spiro atoms. The summed E-state index contributed by atoms with van der Waals surface area (Å²) < 4.78 is 50.2. The van der Waals surface area contributed by atoms with Crippen LogP contribution in [0.1, 0.15) is 12.8 Å². The topological polar surface area (TPSA) is 70.7 Å². The Balaban J connectivity index is 2.16. The number of nitrogens with one attached hydrogen (secondary N) is 2. The number of carbonyl (C=O) groups is 2. The van der Waals surface area contributed by atoms with Crippen LogP contribution in [0.2, 0.25) is 0 Å². The summed E-state index contributed by atoms with van der Waals surface area (Å²) in [6, 6.07) is 2.61. The van der Waals surface area contributed by atoms with Gasteiger partial charge in [0.2, 0.25) is 0 Å². The van der Waals surface area contributed by atoms with E-state index in [9.17, 15) is 27.2 Å². The Hall–Kier alpha value is -2.36. The number of hydrogen-bond donors (Lipinski definition) is 2. The maximum Gasteiger partial charge on any atom is 0.493 e. The molecule has 0 aromatic heterocycles. The Labute approximate surface area is 134 Å². The van der Waals surface area contributed by atoms with Crippen LogP contribution in [0.3, 0.4) is 0 Å². The van der Waals surface area contributed by atoms with Crippen molar-refractivity contribution in [2.75, 3.05) is 18.2 Å². The summed E-state index contributed by atoms with van der Waals surface area (Å²) in [5.41, 5.74) is -0.208. The van der Waals surface area contributed by atoms with E-state index in [1.54, 1.807) is 0 Å². The molecule has 2 rings (SSSR count). The second-order valence-corrected chi connectivity index (χ2v) is 5.12. The third-order valence-corrected chi connectivity index (χ3v) is 3.32. The van der Waals surface area contributed by atoms with Gasteiger partial charge in [-0.3, -0.25) is 0 Å². The first kappa shape index (κ1) is 18.0. The van der Waals surface area contributed by atoms with Crippen LogP contribution in [0.25, 0.3) is 0 Å². The summed E-state index contributed by atoms with van der Waals surface area (Å²) in [5.74, 6) is -3.20. The predicted molar refractivity (Wildman–Crippen MR) is 75.4 cm³/mol. The normalized spacial score (nSPS) is 15.7. The molecule has 1 aliphatic heterocycles. The van der Waals surface area contributed by atoms with Crippen LogP contribution >= 0.6 is 0 Å². The van der Waals surface area contributed by atoms with Crippen LogP contribution in [-0.4, -0.2) is 37.3 Å². The minimum Gasteiger partial charge on any atom is -0.332 e. The van der Waals surface area contributed by atoms with Gasteiger partial charge >= 0.3 is 18.2 Å². The molecule has 24 heavy (non-hydrogen) atoms. The zero-order valence-electron chi connectivity index (χ0n) is 12.4. The van der Waals surface area contributed by atoms with Crippen molar-refractivity contribution in [2.45, 2.75) is 25.1 Å². The summed E-state index contributed by atoms with van der Waals surface area (Å²) >= 11 is 0. The number of carbonyl (C=O) groups excluding carboxylic acids is 2. The molecule has 1 saturated heterocycles. The average molecular weight is 349 g/mol. The average Bonchev–Trinajstić information content (AvgIpc) is 2.53. The molecule has 0 atom stereocenters. The molecule has 0 bridgehead atoms. The van der Waals surface area contributed by atoms with Gasteiger partial charge in [-0.1, -0.05) is 0 Å². The molecule has 0 saturated carbocycles. The van der Waals surface area contributed by atoms with E-state index >= 15 is 0 Å². The number of nitrogens with zero attached hydrogens (tertiary/aromatic N) is 1. The number of hydrogen-bond acceptors (Lipinski definition) is 4. The molecule has 132 valence electrons. The number of anilines is 1. The summed E-state index contributed by atoms with van der Waals surface area (Å²) in [6.45, 7) is 1.29. The molecular formula is C14H15F4N3O3. The molecular weight excluding hydrogens is 334 g/mol. The maximum absolute atomic E-state index is 13.0. The van der Waals surface area contributed by atoms with Gasteiger partial charge < -0.3 is 15.5 Å². The van der Waals surface area contributed by atoms with Gasteiger partial charge in [-0.15, -0.1) is 5.06 Å². The van der Waals surface area contributed by atoms with Crippen LogP contribution < -0.4 is 15.7 Å². The molecule has 2 amide bonds. The van der Waals surface area contributed by atoms with E-state index in [2.05, 4.69) is 15.5 Å². The van der Waals surface area contributed by atoms with Gasteiger partial charge in [-0.2, -0.15) is 13.2 Å². The van der Waals surface area contributed by atoms with Gasteiger partial charge in [-0.05, 0) is 50.2 Å². The Morgan fingerprint density at radius 1 is 1.17 bits per heavy atom. The first-order chi connectivity index (χ1) is 11.3. The van der Waals surface area contributed by atoms with Crippen LogP contribution in [0.4, 0.5) is 28.0 Å². The quantitative estimate of drug-likeness (QED) is 0.634. The summed E-state index contributed by atoms with van der Waals surface area (Å²) in [5, 5.41) is 5.74. The number of piperidine rings is 1. The van der Waals surface area contributed by atoms with E-state index in [4.69, 9.17) is 0 Å². The maximum atomic E-state index is 13.0. The van der Waals surface area contributed by atoms with E-state index in [1.807, 2.05) is 0 Å². The number of amides is 2. The minimum absolute atomic E-state index is 0.178. The van der Waals surface area contributed by atoms with Crippen LogP contribution in [0, 0.1) is 5.82 Å². The zero-order valence-corrected chi connectivity index (χ0v) is 12.4. The smallest absolute Gasteiger partial charge is 0.332 e. The number of urea groups is 1. The monoisotopic (exact) mass is 349 g/mol. The zero-order chi connectivity index (χ0) is 17.7. The first-order valence-corrected chi connectivity index (χ1v) is 7.13. The highest BCUT2D eigenvalue weighted by Crippen LogP contribution is 2.22. The third-order valence-electron chi connectivity index (χ3n) is 3.32. The van der Waals surface area contributed by atoms with Crippen LogP contribution in [-0.2, 0) is 9.63 Å². The van der Waals surface area contributed by atoms with Crippen LogP contribution in [0.5, 0.6) is 0 Å². The van der Waals surface area contributed by atoms with Gasteiger partial charge in [-0.25, -0.2) is 14.0 Å². The molecule has 1 fully saturated rings. The lowest BCUT2D eigenvalue weighted by Gasteiger charge is -2.27. The highest BCUT2D eigenvalue weighted by Gasteiger charge is 2.44. The summed E-state index contributed by atoms with van der Waals surface area (Å²) in [6.07, 6.45) is -4.11. The second-order valence-electron chi connectivity index (χ2n) is 5.12. The fourth-order valence-corrected chi connectivity index (χ4v) is 2.12. The molecule has 1 aliphatic rings. The first-order valence-electron chi connectivity index (χ1n) is 7.13. The van der Waals surface area contributed by atoms with Gasteiger partial charge in [0, 0.05) is 6.04 Å². The van der Waals surface area contributed by atoms with Gasteiger partial charge in [0.1, 0.15) is 5.82 Å². The predicted octanol–water partition coefficient (Wildman–Crippen LogP) is 2.11. The fourth-order valence-electron chi connectivity index (χ4n) is 2.12. The van der Waals surface area contributed by atoms with Crippen molar-refractivity contribution in [3.8, 4) is 0 Å². The van der Waals surface area contributed by atoms with Crippen molar-refractivity contribution in [3.63, 3.8) is 0 Å². The standard InChI is InChI=1S/C14H15F4N3O3/c15-9-1-3-11(4-2-9)21(24-12(22)14(16,17)18)13(23)20-10-5-7-19-8-6-10/h1-4,10,19H,5-8H2,(H,20,23). The molecule has 0 unspecified atom stereocenters. The van der Waals surface area contributed by atoms with E-state index in [1.165, 1.54) is 0 Å². The van der Waals surface area contributed by atoms with Crippen LogP contribution in [0.15, 0.2) is 24.3 Å². The van der Waals surface area contributed by atoms with Crippen molar-refractivity contribution in [3.05, 3.63) is 30.1 Å². The van der Waals surface area contributed by atoms with Crippen molar-refractivity contribution >= 4 is 17.7 Å². The lowest BCUT2D eigenvalue weighted by molar-refractivity contribution is -0.199. The number of rotatable bonds is 2. The fraction of sp³-hybridized carbons (Fsp3) is 0.429. The SMILES string of the molecule is O=C(NC1CCNCC1)N(OC(=O)C(F)(F)F)c1ccc(F)cc1. The van der Waals surface area contributed by atoms with Gasteiger partial charge in [0.15, 0.2) is 0 Å². The van der Waals surface area contributed by atoms with E-state index in [0.29, 0.717) is 25.9 Å². The second kappa shape index (κ2) is 7.47. The van der Waals surface area contributed by atoms with Gasteiger partial charge in [0.05, 0.1) is 5.69 Å². The lowest BCUT2D eigenvalue weighted by Crippen LogP contribution is -2.50. The molecule has 0 aliphatic carbocycles. The molecule has 1 aromatic carbocycles. The molecule has 1 heterocycles. The molecule has 10 heteroatoms. The lowest BCUT2D eigenvalue weighted by atomic mass is 10.1. The molecule has 2 N–H and O–H groups in total. The largest absolute Gasteiger partial charge is 0.493 e. The third kappa shape index (κ3) is 4.82. The van der Waals surface area contributed by atoms with E-state index < -0.39 is 24.0 Å². The summed E-state index contributed by atoms with van der Waals surface area (Å²) in [4.78, 5) is 27.4. The number of alkyl halides is 3. The molecule has 1 aromatic rings. The molecule has 6 nitrogen and oxygen atoms in total. The van der Waals surface area contributed by atoms with E-state index in [0.717, 1.165) is 24.3 Å². The Morgan fingerprint density at radius 3 is 2.29 bits per heavy atom.